The molecule has 4 aliphatic carbocycles. The molecule has 2 heterocycles. The van der Waals surface area contributed by atoms with Gasteiger partial charge in [0, 0.05) is 39.3 Å². The molecule has 0 radical (unpaired) electrons. The van der Waals surface area contributed by atoms with E-state index in [0.717, 1.165) is 30.0 Å². The van der Waals surface area contributed by atoms with Crippen LogP contribution in [0.1, 0.15) is 66.8 Å². The highest BCUT2D eigenvalue weighted by atomic mass is 35.5. The van der Waals surface area contributed by atoms with Crippen molar-refractivity contribution in [2.75, 3.05) is 0 Å². The van der Waals surface area contributed by atoms with Gasteiger partial charge in [-0.05, 0) is 50.3 Å². The maximum Gasteiger partial charge on any atom is 0.522 e. The number of rotatable bonds is 5. The average molecular weight is 515 g/mol. The summed E-state index contributed by atoms with van der Waals surface area (Å²) in [6, 6.07) is 4.97. The molecule has 1 aromatic carbocycles. The predicted molar refractivity (Wildman–Crippen MR) is 117 cm³/mol. The third kappa shape index (κ3) is 3.79. The molecule has 6 nitrogen and oxygen atoms in total. The van der Waals surface area contributed by atoms with Crippen LogP contribution in [0.3, 0.4) is 0 Å². The number of hydrogen-bond acceptors (Lipinski definition) is 6. The Hall–Kier alpha value is -1.88. The summed E-state index contributed by atoms with van der Waals surface area (Å²) >= 11 is 7.48. The second kappa shape index (κ2) is 7.56. The summed E-state index contributed by atoms with van der Waals surface area (Å²) in [6.07, 6.45) is -3.80. The standard InChI is InChI=1S/C23H22ClF3N2O4S/c24-12-1-2-16-14(5-12)15(30)6-17(32-16)19(31)29-22-8-21(9-22,10-22)18-7-34-20(28-18)11-3-13(4-11)33-23(25,26)27/h1-2,5,7,11,13,15,17,30H,3-4,6,8-10H2,(H,29,31)/t11-,13+,15-,17-,21?,22?/m1/s1. The van der Waals surface area contributed by atoms with E-state index >= 15 is 0 Å². The molecule has 5 aliphatic rings. The van der Waals surface area contributed by atoms with Crippen molar-refractivity contribution in [3.63, 3.8) is 0 Å². The topological polar surface area (TPSA) is 80.7 Å². The average Bonchev–Trinajstić information content (AvgIpc) is 3.14. The van der Waals surface area contributed by atoms with Gasteiger partial charge in [-0.2, -0.15) is 0 Å². The Morgan fingerprint density at radius 3 is 2.71 bits per heavy atom. The van der Waals surface area contributed by atoms with E-state index in [9.17, 15) is 23.1 Å². The van der Waals surface area contributed by atoms with Crippen molar-refractivity contribution >= 4 is 28.8 Å². The summed E-state index contributed by atoms with van der Waals surface area (Å²) in [5, 5.41) is 16.9. The van der Waals surface area contributed by atoms with Crippen molar-refractivity contribution in [1.82, 2.24) is 10.3 Å². The first-order chi connectivity index (χ1) is 16.0. The molecule has 11 heteroatoms. The molecule has 1 aliphatic heterocycles. The summed E-state index contributed by atoms with van der Waals surface area (Å²) in [7, 11) is 0. The van der Waals surface area contributed by atoms with Gasteiger partial charge in [-0.3, -0.25) is 9.53 Å². The first-order valence-electron chi connectivity index (χ1n) is 11.2. The molecule has 34 heavy (non-hydrogen) atoms. The molecule has 2 atom stereocenters. The first-order valence-corrected chi connectivity index (χ1v) is 12.5. The van der Waals surface area contributed by atoms with Crippen molar-refractivity contribution in [3.05, 3.63) is 44.9 Å². The second-order valence-electron chi connectivity index (χ2n) is 10.0. The van der Waals surface area contributed by atoms with E-state index in [4.69, 9.17) is 21.3 Å². The van der Waals surface area contributed by atoms with Gasteiger partial charge in [0.05, 0.1) is 22.9 Å². The van der Waals surface area contributed by atoms with Crippen LogP contribution in [0, 0.1) is 0 Å². The molecule has 4 saturated carbocycles. The minimum Gasteiger partial charge on any atom is -0.480 e. The lowest BCUT2D eigenvalue weighted by Gasteiger charge is -2.70. The van der Waals surface area contributed by atoms with E-state index in [1.807, 2.05) is 5.38 Å². The maximum atomic E-state index is 12.9. The summed E-state index contributed by atoms with van der Waals surface area (Å²) in [4.78, 5) is 17.6. The SMILES string of the molecule is O=C(NC12CC(c3csc([C@H]4C[C@@H](OC(F)(F)F)C4)n3)(C1)C2)[C@H]1C[C@@H](O)c2cc(Cl)ccc2O1. The van der Waals surface area contributed by atoms with E-state index in [1.54, 1.807) is 18.2 Å². The number of halogens is 4. The van der Waals surface area contributed by atoms with Crippen molar-refractivity contribution in [2.45, 2.75) is 80.1 Å². The normalized spacial score (nSPS) is 35.8. The third-order valence-electron chi connectivity index (χ3n) is 7.56. The van der Waals surface area contributed by atoms with Crippen LogP contribution in [0.4, 0.5) is 13.2 Å². The number of nitrogens with zero attached hydrogens (tertiary/aromatic N) is 1. The zero-order chi connectivity index (χ0) is 23.9. The summed E-state index contributed by atoms with van der Waals surface area (Å²) < 4.78 is 46.9. The predicted octanol–water partition coefficient (Wildman–Crippen LogP) is 4.75. The quantitative estimate of drug-likeness (QED) is 0.601. The molecule has 2 aromatic rings. The molecule has 4 fully saturated rings. The van der Waals surface area contributed by atoms with Gasteiger partial charge in [0.15, 0.2) is 6.10 Å². The zero-order valence-electron chi connectivity index (χ0n) is 17.9. The number of carbonyl (C=O) groups is 1. The number of benzene rings is 1. The number of hydrogen-bond donors (Lipinski definition) is 2. The Bertz CT molecular complexity index is 1130. The highest BCUT2D eigenvalue weighted by Crippen LogP contribution is 2.68. The largest absolute Gasteiger partial charge is 0.522 e. The molecule has 182 valence electrons. The lowest BCUT2D eigenvalue weighted by molar-refractivity contribution is -0.351. The fourth-order valence-corrected chi connectivity index (χ4v) is 7.14. The van der Waals surface area contributed by atoms with E-state index in [-0.39, 0.29) is 29.2 Å². The van der Waals surface area contributed by atoms with Crippen LogP contribution >= 0.6 is 22.9 Å². The number of nitrogens with one attached hydrogen (secondary N) is 1. The van der Waals surface area contributed by atoms with Crippen LogP contribution in [0.15, 0.2) is 23.6 Å². The van der Waals surface area contributed by atoms with E-state index in [2.05, 4.69) is 10.1 Å². The number of aliphatic hydroxyl groups is 1. The van der Waals surface area contributed by atoms with Crippen LogP contribution < -0.4 is 10.1 Å². The Kier molecular flexibility index (Phi) is 5.02. The van der Waals surface area contributed by atoms with Crippen molar-refractivity contribution in [3.8, 4) is 5.75 Å². The number of fused-ring (bicyclic) bond motifs is 1. The molecule has 1 amide bonds. The molecule has 0 saturated heterocycles. The van der Waals surface area contributed by atoms with Crippen molar-refractivity contribution in [1.29, 1.82) is 0 Å². The van der Waals surface area contributed by atoms with Crippen LogP contribution in [0.2, 0.25) is 5.02 Å². The molecule has 0 unspecified atom stereocenters. The first kappa shape index (κ1) is 22.6. The van der Waals surface area contributed by atoms with Crippen LogP contribution in [0.5, 0.6) is 5.75 Å². The number of alkyl halides is 3. The lowest BCUT2D eigenvalue weighted by atomic mass is 9.38. The highest BCUT2D eigenvalue weighted by molar-refractivity contribution is 7.09. The Morgan fingerprint density at radius 2 is 2.00 bits per heavy atom. The Morgan fingerprint density at radius 1 is 1.26 bits per heavy atom. The van der Waals surface area contributed by atoms with Crippen molar-refractivity contribution < 1.29 is 32.5 Å². The van der Waals surface area contributed by atoms with Gasteiger partial charge < -0.3 is 15.2 Å². The number of ether oxygens (including phenoxy) is 2. The second-order valence-corrected chi connectivity index (χ2v) is 11.4. The third-order valence-corrected chi connectivity index (χ3v) is 8.80. The molecule has 0 spiro atoms. The summed E-state index contributed by atoms with van der Waals surface area (Å²) in [6.45, 7) is 0. The van der Waals surface area contributed by atoms with Gasteiger partial charge in [0.2, 0.25) is 0 Å². The van der Waals surface area contributed by atoms with Gasteiger partial charge in [-0.25, -0.2) is 4.98 Å². The monoisotopic (exact) mass is 514 g/mol. The number of aromatic nitrogens is 1. The van der Waals surface area contributed by atoms with E-state index in [1.165, 1.54) is 11.3 Å². The zero-order valence-corrected chi connectivity index (χ0v) is 19.5. The van der Waals surface area contributed by atoms with Gasteiger partial charge in [-0.1, -0.05) is 11.6 Å². The molecule has 7 rings (SSSR count). The number of amides is 1. The lowest BCUT2D eigenvalue weighted by Crippen LogP contribution is -2.77. The Balaban J connectivity index is 1.03. The molecule has 2 N–H and O–H groups in total. The smallest absolute Gasteiger partial charge is 0.480 e. The summed E-state index contributed by atoms with van der Waals surface area (Å²) in [5.74, 6) is 0.239. The summed E-state index contributed by atoms with van der Waals surface area (Å²) in [5.41, 5.74) is 1.21. The molecular weight excluding hydrogens is 493 g/mol. The number of carbonyl (C=O) groups excluding carboxylic acids is 1. The maximum absolute atomic E-state index is 12.9. The molecule has 1 aromatic heterocycles. The Labute approximate surface area is 202 Å². The van der Waals surface area contributed by atoms with E-state index < -0.39 is 24.7 Å². The van der Waals surface area contributed by atoms with Gasteiger partial charge in [-0.15, -0.1) is 24.5 Å². The van der Waals surface area contributed by atoms with Crippen LogP contribution in [-0.4, -0.2) is 40.1 Å². The minimum atomic E-state index is -4.59. The fourth-order valence-electron chi connectivity index (χ4n) is 5.88. The van der Waals surface area contributed by atoms with Gasteiger partial charge >= 0.3 is 6.36 Å². The van der Waals surface area contributed by atoms with Crippen molar-refractivity contribution in [2.24, 2.45) is 0 Å². The molecule has 2 bridgehead atoms. The highest BCUT2D eigenvalue weighted by Gasteiger charge is 2.70. The fraction of sp³-hybridized carbons (Fsp3) is 0.565. The number of thiazole rings is 1. The van der Waals surface area contributed by atoms with Gasteiger partial charge in [0.25, 0.3) is 5.91 Å². The minimum absolute atomic E-state index is 0.0137. The van der Waals surface area contributed by atoms with E-state index in [0.29, 0.717) is 29.2 Å². The molecular formula is C23H22ClF3N2O4S. The van der Waals surface area contributed by atoms with Gasteiger partial charge in [0.1, 0.15) is 5.75 Å². The van der Waals surface area contributed by atoms with Crippen LogP contribution in [-0.2, 0) is 14.9 Å². The van der Waals surface area contributed by atoms with Crippen LogP contribution in [0.25, 0.3) is 0 Å². The number of aliphatic hydroxyl groups excluding tert-OH is 1.